The maximum Gasteiger partial charge on any atom is 0.283 e. The van der Waals surface area contributed by atoms with Gasteiger partial charge in [-0.2, -0.15) is 15.1 Å². The van der Waals surface area contributed by atoms with Crippen molar-refractivity contribution in [2.24, 2.45) is 10.1 Å². The zero-order valence-electron chi connectivity index (χ0n) is 11.5. The van der Waals surface area contributed by atoms with Crippen LogP contribution in [0.5, 0.6) is 0 Å². The molecule has 4 rings (SSSR count). The molecule has 0 radical (unpaired) electrons. The highest BCUT2D eigenvalue weighted by Gasteiger charge is 2.32. The van der Waals surface area contributed by atoms with Crippen molar-refractivity contribution in [3.8, 4) is 0 Å². The lowest BCUT2D eigenvalue weighted by molar-refractivity contribution is -0.114. The second-order valence-corrected chi connectivity index (χ2v) is 5.58. The molecule has 8 heteroatoms. The fraction of sp³-hybridized carbons (Fsp3) is 0. The molecule has 0 atom stereocenters. The summed E-state index contributed by atoms with van der Waals surface area (Å²) in [4.78, 5) is 28.4. The summed E-state index contributed by atoms with van der Waals surface area (Å²) in [5.41, 5.74) is 1.87. The molecule has 0 unspecified atom stereocenters. The van der Waals surface area contributed by atoms with Crippen LogP contribution in [0.25, 0.3) is 17.0 Å². The van der Waals surface area contributed by atoms with Crippen LogP contribution >= 0.6 is 11.8 Å². The van der Waals surface area contributed by atoms with Gasteiger partial charge in [0.05, 0.1) is 22.1 Å². The Bertz CT molecular complexity index is 1020. The Morgan fingerprint density at radius 3 is 2.96 bits per heavy atom. The minimum atomic E-state index is -0.577. The summed E-state index contributed by atoms with van der Waals surface area (Å²) in [6.45, 7) is 0. The first kappa shape index (κ1) is 13.6. The highest BCUT2D eigenvalue weighted by molar-refractivity contribution is 8.25. The van der Waals surface area contributed by atoms with Crippen LogP contribution in [0, 0.1) is 5.41 Å². The van der Waals surface area contributed by atoms with Gasteiger partial charge in [0.1, 0.15) is 11.8 Å². The van der Waals surface area contributed by atoms with E-state index < -0.39 is 5.91 Å². The molecule has 2 aromatic rings. The van der Waals surface area contributed by atoms with Crippen LogP contribution in [0.1, 0.15) is 5.56 Å². The summed E-state index contributed by atoms with van der Waals surface area (Å²) < 4.78 is 5.41. The molecule has 0 bridgehead atoms. The zero-order valence-corrected chi connectivity index (χ0v) is 12.3. The molecule has 7 nitrogen and oxygen atoms in total. The second-order valence-electron chi connectivity index (χ2n) is 4.77. The van der Waals surface area contributed by atoms with Gasteiger partial charge in [-0.3, -0.25) is 15.0 Å². The smallest absolute Gasteiger partial charge is 0.283 e. The number of hydrogen-bond acceptors (Lipinski definition) is 6. The van der Waals surface area contributed by atoms with Gasteiger partial charge in [-0.25, -0.2) is 0 Å². The monoisotopic (exact) mass is 324 g/mol. The molecule has 0 aliphatic carbocycles. The van der Waals surface area contributed by atoms with Crippen LogP contribution in [0.4, 0.5) is 0 Å². The van der Waals surface area contributed by atoms with Gasteiger partial charge in [-0.15, -0.1) is 0 Å². The van der Waals surface area contributed by atoms with Crippen molar-refractivity contribution in [1.82, 2.24) is 5.01 Å². The number of amides is 1. The molecule has 1 aromatic heterocycles. The SMILES string of the molecule is N=C1/C(=C/c2coc3ccccc3c2=O)C(=O)N=C2SC=NN12. The molecule has 0 fully saturated rings. The molecule has 0 spiro atoms. The Morgan fingerprint density at radius 2 is 2.09 bits per heavy atom. The fourth-order valence-electron chi connectivity index (χ4n) is 2.28. The second kappa shape index (κ2) is 5.03. The highest BCUT2D eigenvalue weighted by Crippen LogP contribution is 2.24. The third-order valence-corrected chi connectivity index (χ3v) is 4.08. The lowest BCUT2D eigenvalue weighted by Crippen LogP contribution is -2.35. The van der Waals surface area contributed by atoms with E-state index in [1.165, 1.54) is 22.9 Å². The van der Waals surface area contributed by atoms with Gasteiger partial charge in [-0.1, -0.05) is 12.1 Å². The molecular formula is C15H8N4O3S. The number of hydrazone groups is 1. The van der Waals surface area contributed by atoms with Gasteiger partial charge in [-0.05, 0) is 30.0 Å². The van der Waals surface area contributed by atoms with Crippen molar-refractivity contribution < 1.29 is 9.21 Å². The number of aliphatic imine (C=N–C) groups is 1. The van der Waals surface area contributed by atoms with Crippen LogP contribution in [0.2, 0.25) is 0 Å². The molecule has 2 aliphatic rings. The first-order chi connectivity index (χ1) is 11.1. The number of fused-ring (bicyclic) bond motifs is 2. The number of benzene rings is 1. The molecule has 2 aliphatic heterocycles. The molecule has 1 N–H and O–H groups in total. The van der Waals surface area contributed by atoms with E-state index in [1.54, 1.807) is 24.3 Å². The lowest BCUT2D eigenvalue weighted by Gasteiger charge is -2.20. The Balaban J connectivity index is 1.86. The Kier molecular flexibility index (Phi) is 2.98. The number of nitrogens with one attached hydrogen (secondary N) is 1. The summed E-state index contributed by atoms with van der Waals surface area (Å²) >= 11 is 1.16. The lowest BCUT2D eigenvalue weighted by atomic mass is 10.1. The normalized spacial score (nSPS) is 18.7. The number of hydrogen-bond donors (Lipinski definition) is 1. The predicted molar refractivity (Wildman–Crippen MR) is 88.6 cm³/mol. The van der Waals surface area contributed by atoms with Crippen LogP contribution < -0.4 is 5.43 Å². The van der Waals surface area contributed by atoms with Crippen molar-refractivity contribution in [1.29, 1.82) is 5.41 Å². The first-order valence-electron chi connectivity index (χ1n) is 6.58. The van der Waals surface area contributed by atoms with Crippen molar-refractivity contribution in [2.45, 2.75) is 0 Å². The minimum absolute atomic E-state index is 0.00372. The molecule has 0 saturated carbocycles. The van der Waals surface area contributed by atoms with E-state index in [2.05, 4.69) is 10.1 Å². The standard InChI is InChI=1S/C15H8N4O3S/c16-13-10(14(21)18-15-19(13)17-7-23-15)5-8-6-22-11-4-2-1-3-9(11)12(8)20/h1-7,16H/b10-5-,16-13?. The molecule has 112 valence electrons. The number of para-hydroxylation sites is 1. The minimum Gasteiger partial charge on any atom is -0.463 e. The molecular weight excluding hydrogens is 316 g/mol. The quantitative estimate of drug-likeness (QED) is 0.809. The van der Waals surface area contributed by atoms with Gasteiger partial charge in [0.15, 0.2) is 16.4 Å². The predicted octanol–water partition coefficient (Wildman–Crippen LogP) is 2.04. The van der Waals surface area contributed by atoms with Crippen LogP contribution in [0.15, 0.2) is 55.4 Å². The maximum atomic E-state index is 12.5. The summed E-state index contributed by atoms with van der Waals surface area (Å²) in [5, 5.41) is 14.0. The Morgan fingerprint density at radius 1 is 1.26 bits per heavy atom. The summed E-state index contributed by atoms with van der Waals surface area (Å²) in [6, 6.07) is 6.84. The van der Waals surface area contributed by atoms with Crippen molar-refractivity contribution in [3.63, 3.8) is 0 Å². The maximum absolute atomic E-state index is 12.5. The molecule has 0 saturated heterocycles. The van der Waals surface area contributed by atoms with Gasteiger partial charge < -0.3 is 4.42 Å². The number of carbonyl (C=O) groups is 1. The van der Waals surface area contributed by atoms with Gasteiger partial charge in [0.25, 0.3) is 5.91 Å². The largest absolute Gasteiger partial charge is 0.463 e. The average Bonchev–Trinajstić information content (AvgIpc) is 3.02. The van der Waals surface area contributed by atoms with E-state index in [-0.39, 0.29) is 22.4 Å². The molecule has 1 amide bonds. The van der Waals surface area contributed by atoms with Crippen molar-refractivity contribution >= 4 is 51.3 Å². The number of nitrogens with zero attached hydrogens (tertiary/aromatic N) is 3. The van der Waals surface area contributed by atoms with Gasteiger partial charge >= 0.3 is 0 Å². The zero-order chi connectivity index (χ0) is 16.0. The van der Waals surface area contributed by atoms with E-state index in [1.807, 2.05) is 0 Å². The van der Waals surface area contributed by atoms with E-state index in [4.69, 9.17) is 9.83 Å². The third kappa shape index (κ3) is 2.11. The number of thioether (sulfide) groups is 1. The molecule has 1 aromatic carbocycles. The van der Waals surface area contributed by atoms with Crippen molar-refractivity contribution in [2.75, 3.05) is 0 Å². The Labute approximate surface area is 133 Å². The fourth-order valence-corrected chi connectivity index (χ4v) is 2.89. The number of carbonyl (C=O) groups excluding carboxylic acids is 1. The van der Waals surface area contributed by atoms with E-state index in [0.717, 1.165) is 11.8 Å². The van der Waals surface area contributed by atoms with E-state index in [0.29, 0.717) is 16.1 Å². The number of rotatable bonds is 1. The summed E-state index contributed by atoms with van der Waals surface area (Å²) in [6.07, 6.45) is 2.60. The van der Waals surface area contributed by atoms with Crippen LogP contribution in [-0.2, 0) is 4.79 Å². The highest BCUT2D eigenvalue weighted by atomic mass is 32.2. The van der Waals surface area contributed by atoms with Crippen LogP contribution in [0.3, 0.4) is 0 Å². The molecule has 3 heterocycles. The summed E-state index contributed by atoms with van der Waals surface area (Å²) in [5.74, 6) is -0.694. The first-order valence-corrected chi connectivity index (χ1v) is 7.46. The van der Waals surface area contributed by atoms with Gasteiger partial charge in [0.2, 0.25) is 0 Å². The number of amidine groups is 2. The van der Waals surface area contributed by atoms with Crippen LogP contribution in [-0.4, -0.2) is 27.5 Å². The summed E-state index contributed by atoms with van der Waals surface area (Å²) in [7, 11) is 0. The van der Waals surface area contributed by atoms with Crippen molar-refractivity contribution in [3.05, 3.63) is 51.9 Å². The molecule has 23 heavy (non-hydrogen) atoms. The topological polar surface area (TPSA) is 99.1 Å². The third-order valence-electron chi connectivity index (χ3n) is 3.40. The van der Waals surface area contributed by atoms with E-state index in [9.17, 15) is 9.59 Å². The Hall–Kier alpha value is -3.00. The van der Waals surface area contributed by atoms with Gasteiger partial charge in [0, 0.05) is 0 Å². The van der Waals surface area contributed by atoms with E-state index >= 15 is 0 Å². The average molecular weight is 324 g/mol.